The molecule has 0 aliphatic carbocycles. The van der Waals surface area contributed by atoms with Crippen LogP contribution >= 0.6 is 11.6 Å². The third-order valence-corrected chi connectivity index (χ3v) is 3.78. The Bertz CT molecular complexity index is 461. The molecule has 7 heteroatoms. The Hall–Kier alpha value is -0.820. The lowest BCUT2D eigenvalue weighted by molar-refractivity contribution is -0.137. The predicted molar refractivity (Wildman–Crippen MR) is 70.7 cm³/mol. The van der Waals surface area contributed by atoms with Crippen molar-refractivity contribution in [1.82, 2.24) is 10.2 Å². The third kappa shape index (κ3) is 3.44. The Morgan fingerprint density at radius 1 is 1.30 bits per heavy atom. The average molecular weight is 309 g/mol. The third-order valence-electron chi connectivity index (χ3n) is 3.45. The van der Waals surface area contributed by atoms with E-state index in [0.717, 1.165) is 19.2 Å². The molecular weight excluding hydrogens is 293 g/mol. The Morgan fingerprint density at radius 2 is 1.95 bits per heavy atom. The Kier molecular flexibility index (Phi) is 4.90. The summed E-state index contributed by atoms with van der Waals surface area (Å²) in [6, 6.07) is 3.38. The monoisotopic (exact) mass is 308 g/mol. The fraction of sp³-hybridized carbons (Fsp3) is 0.538. The normalized spacial score (nSPS) is 19.1. The van der Waals surface area contributed by atoms with Crippen molar-refractivity contribution in [2.45, 2.75) is 12.2 Å². The van der Waals surface area contributed by atoms with Gasteiger partial charge in [-0.1, -0.05) is 17.7 Å². The van der Waals surface area contributed by atoms with Gasteiger partial charge in [-0.25, -0.2) is 0 Å². The summed E-state index contributed by atoms with van der Waals surface area (Å²) in [6.07, 6.45) is -4.49. The van der Waals surface area contributed by atoms with Gasteiger partial charge >= 0.3 is 6.18 Å². The summed E-state index contributed by atoms with van der Waals surface area (Å²) in [5.41, 5.74) is -0.420. The standard InChI is InChI=1S/C13H16ClF3N2O/c14-11-2-1-9(7-10(11)13(15,16)17)12(8-20)19-5-3-18-4-6-19/h1-2,7,12,18,20H,3-6,8H2/t12-/m1/s1. The molecule has 1 fully saturated rings. The van der Waals surface area contributed by atoms with E-state index in [2.05, 4.69) is 5.32 Å². The van der Waals surface area contributed by atoms with Crippen LogP contribution in [-0.4, -0.2) is 42.8 Å². The number of benzene rings is 1. The van der Waals surface area contributed by atoms with Crippen molar-refractivity contribution < 1.29 is 18.3 Å². The predicted octanol–water partition coefficient (Wildman–Crippen LogP) is 2.30. The van der Waals surface area contributed by atoms with Crippen molar-refractivity contribution in [3.8, 4) is 0 Å². The van der Waals surface area contributed by atoms with Crippen LogP contribution in [0.5, 0.6) is 0 Å². The van der Waals surface area contributed by atoms with Gasteiger partial charge in [0.05, 0.1) is 23.2 Å². The first-order valence-corrected chi connectivity index (χ1v) is 6.73. The molecule has 0 radical (unpaired) electrons. The number of aliphatic hydroxyl groups is 1. The second kappa shape index (κ2) is 6.30. The number of hydrogen-bond acceptors (Lipinski definition) is 3. The summed E-state index contributed by atoms with van der Waals surface area (Å²) in [5, 5.41) is 12.4. The Labute approximate surface area is 120 Å². The number of rotatable bonds is 3. The van der Waals surface area contributed by atoms with E-state index in [0.29, 0.717) is 18.7 Å². The molecule has 0 amide bonds. The molecule has 1 atom stereocenters. The van der Waals surface area contributed by atoms with Crippen molar-refractivity contribution in [2.75, 3.05) is 32.8 Å². The molecule has 0 saturated carbocycles. The van der Waals surface area contributed by atoms with Crippen molar-refractivity contribution in [3.05, 3.63) is 34.3 Å². The van der Waals surface area contributed by atoms with Gasteiger partial charge in [0.1, 0.15) is 0 Å². The van der Waals surface area contributed by atoms with Gasteiger partial charge in [-0.05, 0) is 17.7 Å². The number of nitrogens with one attached hydrogen (secondary N) is 1. The van der Waals surface area contributed by atoms with Crippen LogP contribution in [0.3, 0.4) is 0 Å². The Morgan fingerprint density at radius 3 is 2.50 bits per heavy atom. The highest BCUT2D eigenvalue weighted by Crippen LogP contribution is 2.36. The van der Waals surface area contributed by atoms with Crippen molar-refractivity contribution in [1.29, 1.82) is 0 Å². The summed E-state index contributed by atoms with van der Waals surface area (Å²) in [5.74, 6) is 0. The van der Waals surface area contributed by atoms with Crippen LogP contribution in [0, 0.1) is 0 Å². The number of aliphatic hydroxyl groups excluding tert-OH is 1. The number of nitrogens with zero attached hydrogens (tertiary/aromatic N) is 1. The second-order valence-electron chi connectivity index (χ2n) is 4.72. The van der Waals surface area contributed by atoms with E-state index in [4.69, 9.17) is 11.6 Å². The number of piperazine rings is 1. The van der Waals surface area contributed by atoms with Crippen molar-refractivity contribution >= 4 is 11.6 Å². The zero-order valence-electron chi connectivity index (χ0n) is 10.8. The van der Waals surface area contributed by atoms with Crippen LogP contribution in [0.25, 0.3) is 0 Å². The summed E-state index contributed by atoms with van der Waals surface area (Å²) < 4.78 is 38.6. The minimum Gasteiger partial charge on any atom is -0.394 e. The van der Waals surface area contributed by atoms with E-state index < -0.39 is 17.8 Å². The van der Waals surface area contributed by atoms with Gasteiger partial charge < -0.3 is 10.4 Å². The first-order chi connectivity index (χ1) is 9.43. The topological polar surface area (TPSA) is 35.5 Å². The molecule has 0 bridgehead atoms. The lowest BCUT2D eigenvalue weighted by Gasteiger charge is -2.34. The lowest BCUT2D eigenvalue weighted by atomic mass is 10.0. The highest BCUT2D eigenvalue weighted by molar-refractivity contribution is 6.31. The minimum absolute atomic E-state index is 0.223. The van der Waals surface area contributed by atoms with E-state index in [1.54, 1.807) is 6.07 Å². The summed E-state index contributed by atoms with van der Waals surface area (Å²) in [4.78, 5) is 1.97. The fourth-order valence-corrected chi connectivity index (χ4v) is 2.62. The summed E-state index contributed by atoms with van der Waals surface area (Å²) >= 11 is 5.61. The van der Waals surface area contributed by atoms with Gasteiger partial charge in [-0.2, -0.15) is 13.2 Å². The summed E-state index contributed by atoms with van der Waals surface area (Å²) in [6.45, 7) is 2.68. The smallest absolute Gasteiger partial charge is 0.394 e. The molecule has 0 aromatic heterocycles. The van der Waals surface area contributed by atoms with Gasteiger partial charge in [0.2, 0.25) is 0 Å². The van der Waals surface area contributed by atoms with Crippen molar-refractivity contribution in [3.63, 3.8) is 0 Å². The van der Waals surface area contributed by atoms with E-state index in [1.807, 2.05) is 4.90 Å². The van der Waals surface area contributed by atoms with Crippen LogP contribution < -0.4 is 5.32 Å². The molecule has 20 heavy (non-hydrogen) atoms. The van der Waals surface area contributed by atoms with Gasteiger partial charge in [0.15, 0.2) is 0 Å². The summed E-state index contributed by atoms with van der Waals surface area (Å²) in [7, 11) is 0. The van der Waals surface area contributed by atoms with Crippen LogP contribution in [0.4, 0.5) is 13.2 Å². The first-order valence-electron chi connectivity index (χ1n) is 6.35. The maximum Gasteiger partial charge on any atom is 0.417 e. The van der Waals surface area contributed by atoms with Crippen LogP contribution in [0.2, 0.25) is 5.02 Å². The highest BCUT2D eigenvalue weighted by Gasteiger charge is 2.34. The van der Waals surface area contributed by atoms with Crippen molar-refractivity contribution in [2.24, 2.45) is 0 Å². The maximum absolute atomic E-state index is 12.9. The second-order valence-corrected chi connectivity index (χ2v) is 5.13. The highest BCUT2D eigenvalue weighted by atomic mass is 35.5. The van der Waals surface area contributed by atoms with E-state index in [-0.39, 0.29) is 11.6 Å². The number of halogens is 4. The molecule has 1 aromatic rings. The molecule has 112 valence electrons. The average Bonchev–Trinajstić information content (AvgIpc) is 2.41. The minimum atomic E-state index is -4.49. The SMILES string of the molecule is OC[C@H](c1ccc(Cl)c(C(F)(F)F)c1)N1CCNCC1. The molecule has 1 heterocycles. The van der Waals surface area contributed by atoms with Gasteiger partial charge in [0.25, 0.3) is 0 Å². The number of hydrogen-bond donors (Lipinski definition) is 2. The zero-order chi connectivity index (χ0) is 14.8. The van der Waals surface area contributed by atoms with Crippen LogP contribution in [-0.2, 0) is 6.18 Å². The fourth-order valence-electron chi connectivity index (χ4n) is 2.39. The van der Waals surface area contributed by atoms with Gasteiger partial charge in [0, 0.05) is 26.2 Å². The largest absolute Gasteiger partial charge is 0.417 e. The molecular formula is C13H16ClF3N2O. The molecule has 1 aliphatic heterocycles. The number of alkyl halides is 3. The van der Waals surface area contributed by atoms with E-state index in [9.17, 15) is 18.3 Å². The quantitative estimate of drug-likeness (QED) is 0.899. The molecule has 1 saturated heterocycles. The zero-order valence-corrected chi connectivity index (χ0v) is 11.5. The van der Waals surface area contributed by atoms with E-state index >= 15 is 0 Å². The molecule has 2 rings (SSSR count). The molecule has 3 nitrogen and oxygen atoms in total. The first kappa shape index (κ1) is 15.6. The van der Waals surface area contributed by atoms with Crippen LogP contribution in [0.15, 0.2) is 18.2 Å². The molecule has 2 N–H and O–H groups in total. The molecule has 1 aliphatic rings. The Balaban J connectivity index is 2.30. The van der Waals surface area contributed by atoms with Gasteiger partial charge in [-0.3, -0.25) is 4.90 Å². The maximum atomic E-state index is 12.9. The lowest BCUT2D eigenvalue weighted by Crippen LogP contribution is -2.46. The molecule has 0 unspecified atom stereocenters. The molecule has 1 aromatic carbocycles. The van der Waals surface area contributed by atoms with Gasteiger partial charge in [-0.15, -0.1) is 0 Å². The molecule has 0 spiro atoms. The van der Waals surface area contributed by atoms with E-state index in [1.165, 1.54) is 6.07 Å². The van der Waals surface area contributed by atoms with Crippen LogP contribution in [0.1, 0.15) is 17.2 Å².